The second kappa shape index (κ2) is 11.6. The number of benzene rings is 2. The van der Waals surface area contributed by atoms with Crippen LogP contribution in [0, 0.1) is 5.92 Å². The zero-order valence-corrected chi connectivity index (χ0v) is 19.2. The normalized spacial score (nSPS) is 16.4. The lowest BCUT2D eigenvalue weighted by Crippen LogP contribution is -2.35. The maximum atomic E-state index is 12.4. The van der Waals surface area contributed by atoms with Crippen molar-refractivity contribution < 1.29 is 24.1 Å². The summed E-state index contributed by atoms with van der Waals surface area (Å²) in [6, 6.07) is 10.9. The fourth-order valence-corrected chi connectivity index (χ4v) is 4.27. The Balaban J connectivity index is 1.47. The van der Waals surface area contributed by atoms with Gasteiger partial charge in [0, 0.05) is 43.2 Å². The zero-order valence-electron chi connectivity index (χ0n) is 19.2. The summed E-state index contributed by atoms with van der Waals surface area (Å²) in [5.74, 6) is 2.90. The average Bonchev–Trinajstić information content (AvgIpc) is 2.82. The summed E-state index contributed by atoms with van der Waals surface area (Å²) in [6.45, 7) is 2.97. The van der Waals surface area contributed by atoms with E-state index in [9.17, 15) is 9.90 Å². The van der Waals surface area contributed by atoms with Gasteiger partial charge in [-0.3, -0.25) is 9.69 Å². The van der Waals surface area contributed by atoms with Crippen molar-refractivity contribution in [2.75, 3.05) is 34.4 Å². The summed E-state index contributed by atoms with van der Waals surface area (Å²) in [7, 11) is 4.85. The number of likely N-dealkylation sites (tertiary alicyclic amines) is 1. The van der Waals surface area contributed by atoms with Gasteiger partial charge in [-0.1, -0.05) is 6.07 Å². The summed E-state index contributed by atoms with van der Waals surface area (Å²) in [5.41, 5.74) is 1.74. The molecular weight excluding hydrogens is 408 g/mol. The number of piperidine rings is 1. The van der Waals surface area contributed by atoms with E-state index >= 15 is 0 Å². The van der Waals surface area contributed by atoms with E-state index in [-0.39, 0.29) is 11.7 Å². The number of hydrogen-bond acceptors (Lipinski definition) is 6. The van der Waals surface area contributed by atoms with Crippen molar-refractivity contribution in [2.24, 2.45) is 5.92 Å². The first-order chi connectivity index (χ1) is 15.5. The second-order valence-electron chi connectivity index (χ2n) is 8.19. The quantitative estimate of drug-likeness (QED) is 0.584. The van der Waals surface area contributed by atoms with Crippen LogP contribution in [-0.2, 0) is 17.9 Å². The minimum absolute atomic E-state index is 0.0439. The van der Waals surface area contributed by atoms with E-state index in [0.29, 0.717) is 36.9 Å². The Morgan fingerprint density at radius 2 is 1.94 bits per heavy atom. The number of rotatable bonds is 10. The first kappa shape index (κ1) is 23.7. The van der Waals surface area contributed by atoms with Crippen LogP contribution in [-0.4, -0.2) is 50.3 Å². The van der Waals surface area contributed by atoms with Gasteiger partial charge in [0.05, 0.1) is 21.3 Å². The standard InChI is InChI=1S/C25H34N2O5/c1-30-20-11-10-19(24(14-20)32-3)15-26-25(29)12-9-18-6-5-13-27(16-18)17-21-22(28)7-4-8-23(21)31-2/h4,7-8,10-11,14,18,28H,5-6,9,12-13,15-17H2,1-3H3,(H,26,29). The maximum absolute atomic E-state index is 12.4. The number of nitrogens with zero attached hydrogens (tertiary/aromatic N) is 1. The number of phenolic OH excluding ortho intramolecular Hbond substituents is 1. The van der Waals surface area contributed by atoms with Crippen LogP contribution in [0.5, 0.6) is 23.0 Å². The van der Waals surface area contributed by atoms with Crippen LogP contribution in [0.2, 0.25) is 0 Å². The van der Waals surface area contributed by atoms with Crippen LogP contribution < -0.4 is 19.5 Å². The van der Waals surface area contributed by atoms with Gasteiger partial charge in [0.2, 0.25) is 5.91 Å². The van der Waals surface area contributed by atoms with E-state index in [0.717, 1.165) is 49.2 Å². The van der Waals surface area contributed by atoms with Gasteiger partial charge in [-0.05, 0) is 56.0 Å². The Kier molecular flexibility index (Phi) is 8.62. The molecule has 0 aromatic heterocycles. The minimum Gasteiger partial charge on any atom is -0.507 e. The van der Waals surface area contributed by atoms with Gasteiger partial charge in [0.15, 0.2) is 0 Å². The predicted molar refractivity (Wildman–Crippen MR) is 123 cm³/mol. The number of amides is 1. The maximum Gasteiger partial charge on any atom is 0.220 e. The van der Waals surface area contributed by atoms with E-state index in [4.69, 9.17) is 14.2 Å². The number of hydrogen-bond donors (Lipinski definition) is 2. The molecule has 1 unspecified atom stereocenters. The van der Waals surface area contributed by atoms with Gasteiger partial charge in [-0.25, -0.2) is 0 Å². The fraction of sp³-hybridized carbons (Fsp3) is 0.480. The van der Waals surface area contributed by atoms with Crippen LogP contribution in [0.3, 0.4) is 0 Å². The molecule has 1 aliphatic heterocycles. The molecule has 1 heterocycles. The Morgan fingerprint density at radius 1 is 1.12 bits per heavy atom. The molecule has 7 nitrogen and oxygen atoms in total. The monoisotopic (exact) mass is 442 g/mol. The lowest BCUT2D eigenvalue weighted by atomic mass is 9.93. The SMILES string of the molecule is COc1ccc(CNC(=O)CCC2CCCN(Cc3c(O)cccc3OC)C2)c(OC)c1. The first-order valence-corrected chi connectivity index (χ1v) is 11.1. The second-order valence-corrected chi connectivity index (χ2v) is 8.19. The van der Waals surface area contributed by atoms with Crippen LogP contribution in [0.15, 0.2) is 36.4 Å². The Labute approximate surface area is 190 Å². The van der Waals surface area contributed by atoms with Gasteiger partial charge in [-0.15, -0.1) is 0 Å². The summed E-state index contributed by atoms with van der Waals surface area (Å²) < 4.78 is 16.0. The Bertz CT molecular complexity index is 902. The third kappa shape index (κ3) is 6.29. The smallest absolute Gasteiger partial charge is 0.220 e. The molecule has 3 rings (SSSR count). The van der Waals surface area contributed by atoms with Gasteiger partial charge >= 0.3 is 0 Å². The molecule has 1 fully saturated rings. The largest absolute Gasteiger partial charge is 0.507 e. The summed E-state index contributed by atoms with van der Waals surface area (Å²) in [5, 5.41) is 13.2. The highest BCUT2D eigenvalue weighted by Gasteiger charge is 2.22. The number of aromatic hydroxyl groups is 1. The molecule has 2 aromatic carbocycles. The Morgan fingerprint density at radius 3 is 2.69 bits per heavy atom. The van der Waals surface area contributed by atoms with Crippen LogP contribution in [0.4, 0.5) is 0 Å². The highest BCUT2D eigenvalue weighted by atomic mass is 16.5. The molecule has 174 valence electrons. The zero-order chi connectivity index (χ0) is 22.9. The molecule has 7 heteroatoms. The van der Waals surface area contributed by atoms with Crippen molar-refractivity contribution in [3.8, 4) is 23.0 Å². The molecule has 0 spiro atoms. The number of nitrogens with one attached hydrogen (secondary N) is 1. The molecule has 1 saturated heterocycles. The molecule has 2 aromatic rings. The summed E-state index contributed by atoms with van der Waals surface area (Å²) in [4.78, 5) is 14.8. The van der Waals surface area contributed by atoms with E-state index in [1.165, 1.54) is 0 Å². The fourth-order valence-electron chi connectivity index (χ4n) is 4.27. The number of carbonyl (C=O) groups excluding carboxylic acids is 1. The number of phenols is 1. The van der Waals surface area contributed by atoms with Crippen molar-refractivity contribution in [1.29, 1.82) is 0 Å². The summed E-state index contributed by atoms with van der Waals surface area (Å²) >= 11 is 0. The van der Waals surface area contributed by atoms with Gasteiger partial charge in [-0.2, -0.15) is 0 Å². The minimum atomic E-state index is 0.0439. The molecule has 32 heavy (non-hydrogen) atoms. The van der Waals surface area contributed by atoms with E-state index in [2.05, 4.69) is 10.2 Å². The molecule has 1 amide bonds. The summed E-state index contributed by atoms with van der Waals surface area (Å²) in [6.07, 6.45) is 3.55. The number of methoxy groups -OCH3 is 3. The molecular formula is C25H34N2O5. The van der Waals surface area contributed by atoms with Crippen molar-refractivity contribution in [1.82, 2.24) is 10.2 Å². The topological polar surface area (TPSA) is 80.3 Å². The van der Waals surface area contributed by atoms with Crippen molar-refractivity contribution in [2.45, 2.75) is 38.8 Å². The van der Waals surface area contributed by atoms with E-state index in [1.807, 2.05) is 24.3 Å². The van der Waals surface area contributed by atoms with Crippen molar-refractivity contribution >= 4 is 5.91 Å². The van der Waals surface area contributed by atoms with Crippen LogP contribution >= 0.6 is 0 Å². The van der Waals surface area contributed by atoms with Crippen LogP contribution in [0.1, 0.15) is 36.8 Å². The molecule has 0 radical (unpaired) electrons. The molecule has 1 atom stereocenters. The van der Waals surface area contributed by atoms with Gasteiger partial charge in [0.25, 0.3) is 0 Å². The highest BCUT2D eigenvalue weighted by Crippen LogP contribution is 2.31. The third-order valence-electron chi connectivity index (χ3n) is 6.06. The van der Waals surface area contributed by atoms with Gasteiger partial charge in [0.1, 0.15) is 23.0 Å². The first-order valence-electron chi connectivity index (χ1n) is 11.1. The van der Waals surface area contributed by atoms with E-state index < -0.39 is 0 Å². The molecule has 1 aliphatic rings. The van der Waals surface area contributed by atoms with Crippen molar-refractivity contribution in [3.05, 3.63) is 47.5 Å². The third-order valence-corrected chi connectivity index (χ3v) is 6.06. The molecule has 0 aliphatic carbocycles. The van der Waals surface area contributed by atoms with E-state index in [1.54, 1.807) is 33.5 Å². The van der Waals surface area contributed by atoms with Crippen molar-refractivity contribution in [3.63, 3.8) is 0 Å². The number of ether oxygens (including phenoxy) is 3. The predicted octanol–water partition coefficient (Wildman–Crippen LogP) is 3.73. The lowest BCUT2D eigenvalue weighted by Gasteiger charge is -2.33. The molecule has 0 bridgehead atoms. The average molecular weight is 443 g/mol. The number of carbonyl (C=O) groups is 1. The molecule has 0 saturated carbocycles. The lowest BCUT2D eigenvalue weighted by molar-refractivity contribution is -0.121. The highest BCUT2D eigenvalue weighted by molar-refractivity contribution is 5.75. The van der Waals surface area contributed by atoms with Crippen LogP contribution in [0.25, 0.3) is 0 Å². The Hall–Kier alpha value is -2.93. The molecule has 2 N–H and O–H groups in total. The van der Waals surface area contributed by atoms with Gasteiger partial charge < -0.3 is 24.6 Å².